The standard InChI is InChI=1S/C18H26N4O4/c19-7-2-12-23-11-1-6-17(25-14-4-9-21)18(26-15-5-10-22)16-24-13-3-8-20/h17-18H,1-6,11-16H2. The van der Waals surface area contributed by atoms with E-state index in [1.54, 1.807) is 0 Å². The average Bonchev–Trinajstić information content (AvgIpc) is 2.65. The Morgan fingerprint density at radius 1 is 0.577 bits per heavy atom. The fourth-order valence-electron chi connectivity index (χ4n) is 2.07. The highest BCUT2D eigenvalue weighted by Gasteiger charge is 2.23. The Morgan fingerprint density at radius 2 is 1.08 bits per heavy atom. The van der Waals surface area contributed by atoms with Crippen LogP contribution in [-0.4, -0.2) is 51.8 Å². The SMILES string of the molecule is N#CCCOCCCC(OCCC#N)C(COCCC#N)OCCC#N. The highest BCUT2D eigenvalue weighted by Crippen LogP contribution is 2.13. The molecule has 0 fully saturated rings. The van der Waals surface area contributed by atoms with Crippen molar-refractivity contribution >= 4 is 0 Å². The molecule has 2 atom stereocenters. The summed E-state index contributed by atoms with van der Waals surface area (Å²) in [5.41, 5.74) is 0. The molecule has 0 amide bonds. The van der Waals surface area contributed by atoms with Crippen LogP contribution < -0.4 is 0 Å². The van der Waals surface area contributed by atoms with Crippen LogP contribution in [0.15, 0.2) is 0 Å². The van der Waals surface area contributed by atoms with Gasteiger partial charge >= 0.3 is 0 Å². The summed E-state index contributed by atoms with van der Waals surface area (Å²) < 4.78 is 22.3. The Morgan fingerprint density at radius 3 is 1.65 bits per heavy atom. The molecular formula is C18H26N4O4. The van der Waals surface area contributed by atoms with E-state index in [0.717, 1.165) is 0 Å². The summed E-state index contributed by atoms with van der Waals surface area (Å²) in [6, 6.07) is 8.08. The highest BCUT2D eigenvalue weighted by molar-refractivity contribution is 4.76. The number of hydrogen-bond acceptors (Lipinski definition) is 8. The van der Waals surface area contributed by atoms with Crippen molar-refractivity contribution < 1.29 is 18.9 Å². The quantitative estimate of drug-likeness (QED) is 0.360. The molecule has 0 aliphatic rings. The van der Waals surface area contributed by atoms with Crippen LogP contribution in [-0.2, 0) is 18.9 Å². The molecule has 0 aromatic carbocycles. The average molecular weight is 362 g/mol. The predicted octanol–water partition coefficient (Wildman–Crippen LogP) is 2.22. The lowest BCUT2D eigenvalue weighted by Gasteiger charge is -2.27. The van der Waals surface area contributed by atoms with Gasteiger partial charge in [-0.3, -0.25) is 0 Å². The maximum Gasteiger partial charge on any atom is 0.107 e. The van der Waals surface area contributed by atoms with Crippen LogP contribution in [0.1, 0.15) is 38.5 Å². The minimum Gasteiger partial charge on any atom is -0.380 e. The van der Waals surface area contributed by atoms with Gasteiger partial charge < -0.3 is 18.9 Å². The Labute approximate surface area is 155 Å². The second-order valence-corrected chi connectivity index (χ2v) is 5.28. The first-order valence-electron chi connectivity index (χ1n) is 8.66. The molecule has 0 heterocycles. The molecule has 142 valence electrons. The number of rotatable bonds is 17. The summed E-state index contributed by atoms with van der Waals surface area (Å²) in [7, 11) is 0. The first-order valence-corrected chi connectivity index (χ1v) is 8.66. The van der Waals surface area contributed by atoms with Gasteiger partial charge in [0.15, 0.2) is 0 Å². The van der Waals surface area contributed by atoms with Crippen LogP contribution in [0.5, 0.6) is 0 Å². The van der Waals surface area contributed by atoms with E-state index < -0.39 is 0 Å². The Balaban J connectivity index is 4.54. The van der Waals surface area contributed by atoms with Crippen LogP contribution in [0.4, 0.5) is 0 Å². The van der Waals surface area contributed by atoms with Crippen LogP contribution in [0.25, 0.3) is 0 Å². The maximum atomic E-state index is 8.69. The van der Waals surface area contributed by atoms with E-state index in [4.69, 9.17) is 40.0 Å². The lowest BCUT2D eigenvalue weighted by Crippen LogP contribution is -2.36. The van der Waals surface area contributed by atoms with E-state index in [9.17, 15) is 0 Å². The Kier molecular flexibility index (Phi) is 17.5. The number of ether oxygens (including phenoxy) is 4. The van der Waals surface area contributed by atoms with Crippen LogP contribution in [0.2, 0.25) is 0 Å². The number of hydrogen-bond donors (Lipinski definition) is 0. The van der Waals surface area contributed by atoms with E-state index >= 15 is 0 Å². The van der Waals surface area contributed by atoms with Crippen LogP contribution >= 0.6 is 0 Å². The van der Waals surface area contributed by atoms with Gasteiger partial charge in [0.05, 0.1) is 89.1 Å². The minimum atomic E-state index is -0.389. The monoisotopic (exact) mass is 362 g/mol. The molecule has 2 unspecified atom stereocenters. The number of nitrogens with zero attached hydrogens (tertiary/aromatic N) is 4. The van der Waals surface area contributed by atoms with Crippen molar-refractivity contribution in [1.29, 1.82) is 21.0 Å². The van der Waals surface area contributed by atoms with E-state index in [1.807, 2.05) is 24.3 Å². The largest absolute Gasteiger partial charge is 0.380 e. The molecule has 0 aromatic heterocycles. The smallest absolute Gasteiger partial charge is 0.107 e. The highest BCUT2D eigenvalue weighted by atomic mass is 16.6. The van der Waals surface area contributed by atoms with Gasteiger partial charge in [-0.15, -0.1) is 0 Å². The fraction of sp³-hybridized carbons (Fsp3) is 0.778. The summed E-state index contributed by atoms with van der Waals surface area (Å²) in [5, 5.41) is 34.4. The van der Waals surface area contributed by atoms with Gasteiger partial charge in [0, 0.05) is 6.61 Å². The number of nitriles is 4. The molecule has 0 aliphatic carbocycles. The summed E-state index contributed by atoms with van der Waals surface area (Å²) >= 11 is 0. The van der Waals surface area contributed by atoms with Gasteiger partial charge in [0.25, 0.3) is 0 Å². The van der Waals surface area contributed by atoms with Gasteiger partial charge in [0.1, 0.15) is 6.10 Å². The first kappa shape index (κ1) is 23.8. The van der Waals surface area contributed by atoms with Crippen LogP contribution in [0, 0.1) is 45.3 Å². The minimum absolute atomic E-state index is 0.250. The normalized spacial score (nSPS) is 12.3. The third kappa shape index (κ3) is 14.2. The van der Waals surface area contributed by atoms with Crippen molar-refractivity contribution in [1.82, 2.24) is 0 Å². The van der Waals surface area contributed by atoms with Crippen molar-refractivity contribution in [2.75, 3.05) is 39.6 Å². The molecule has 8 heteroatoms. The molecule has 0 radical (unpaired) electrons. The van der Waals surface area contributed by atoms with Gasteiger partial charge in [-0.1, -0.05) is 0 Å². The molecule has 0 rings (SSSR count). The zero-order valence-corrected chi connectivity index (χ0v) is 15.1. The molecule has 0 N–H and O–H groups in total. The lowest BCUT2D eigenvalue weighted by molar-refractivity contribution is -0.106. The van der Waals surface area contributed by atoms with E-state index in [1.165, 1.54) is 0 Å². The van der Waals surface area contributed by atoms with Gasteiger partial charge in [-0.05, 0) is 12.8 Å². The molecule has 0 spiro atoms. The molecule has 0 aromatic rings. The van der Waals surface area contributed by atoms with Crippen molar-refractivity contribution in [3.05, 3.63) is 0 Å². The van der Waals surface area contributed by atoms with E-state index in [2.05, 4.69) is 0 Å². The Hall–Kier alpha value is -2.20. The molecule has 0 bridgehead atoms. The predicted molar refractivity (Wildman–Crippen MR) is 91.3 cm³/mol. The van der Waals surface area contributed by atoms with E-state index in [0.29, 0.717) is 39.1 Å². The van der Waals surface area contributed by atoms with Gasteiger partial charge in [-0.2, -0.15) is 21.0 Å². The Bertz CT molecular complexity index is 501. The molecule has 8 nitrogen and oxygen atoms in total. The summed E-state index contributed by atoms with van der Waals surface area (Å²) in [5.74, 6) is 0. The molecule has 0 saturated heterocycles. The second kappa shape index (κ2) is 19.1. The first-order chi connectivity index (χ1) is 12.8. The van der Waals surface area contributed by atoms with E-state index in [-0.39, 0.29) is 51.3 Å². The third-order valence-electron chi connectivity index (χ3n) is 3.28. The van der Waals surface area contributed by atoms with Crippen molar-refractivity contribution in [2.45, 2.75) is 50.7 Å². The summed E-state index contributed by atoms with van der Waals surface area (Å²) in [6.07, 6.45) is 1.83. The van der Waals surface area contributed by atoms with Crippen LogP contribution in [0.3, 0.4) is 0 Å². The summed E-state index contributed by atoms with van der Waals surface area (Å²) in [6.45, 7) is 2.00. The lowest BCUT2D eigenvalue weighted by atomic mass is 10.1. The summed E-state index contributed by atoms with van der Waals surface area (Å²) in [4.78, 5) is 0. The zero-order chi connectivity index (χ0) is 19.3. The molecule has 26 heavy (non-hydrogen) atoms. The van der Waals surface area contributed by atoms with Crippen molar-refractivity contribution in [3.8, 4) is 24.3 Å². The molecular weight excluding hydrogens is 336 g/mol. The maximum absolute atomic E-state index is 8.69. The second-order valence-electron chi connectivity index (χ2n) is 5.28. The molecule has 0 saturated carbocycles. The zero-order valence-electron chi connectivity index (χ0n) is 15.1. The molecule has 0 aliphatic heterocycles. The topological polar surface area (TPSA) is 132 Å². The van der Waals surface area contributed by atoms with Crippen molar-refractivity contribution in [3.63, 3.8) is 0 Å². The fourth-order valence-corrected chi connectivity index (χ4v) is 2.07. The van der Waals surface area contributed by atoms with Gasteiger partial charge in [0.2, 0.25) is 0 Å². The van der Waals surface area contributed by atoms with Crippen molar-refractivity contribution in [2.24, 2.45) is 0 Å². The van der Waals surface area contributed by atoms with Gasteiger partial charge in [-0.25, -0.2) is 0 Å². The third-order valence-corrected chi connectivity index (χ3v) is 3.28.